The zero-order valence-electron chi connectivity index (χ0n) is 9.32. The lowest BCUT2D eigenvalue weighted by Gasteiger charge is -2.21. The third-order valence-corrected chi connectivity index (χ3v) is 3.71. The van der Waals surface area contributed by atoms with Crippen molar-refractivity contribution in [1.82, 2.24) is 10.3 Å². The van der Waals surface area contributed by atoms with E-state index < -0.39 is 0 Å². The molecular formula is C11H18N2OS. The monoisotopic (exact) mass is 226 g/mol. The van der Waals surface area contributed by atoms with Gasteiger partial charge in [-0.1, -0.05) is 6.92 Å². The summed E-state index contributed by atoms with van der Waals surface area (Å²) in [6.45, 7) is 6.03. The molecule has 0 aromatic carbocycles. The molecule has 1 fully saturated rings. The first-order valence-corrected chi connectivity index (χ1v) is 6.46. The highest BCUT2D eigenvalue weighted by atomic mass is 32.1. The van der Waals surface area contributed by atoms with Crippen LogP contribution < -0.4 is 5.32 Å². The molecule has 1 saturated heterocycles. The molecule has 2 heterocycles. The van der Waals surface area contributed by atoms with Gasteiger partial charge in [0.05, 0.1) is 12.1 Å². The van der Waals surface area contributed by atoms with Gasteiger partial charge in [0.15, 0.2) is 0 Å². The largest absolute Gasteiger partial charge is 0.376 e. The van der Waals surface area contributed by atoms with E-state index in [1.54, 1.807) is 11.3 Å². The Morgan fingerprint density at radius 2 is 2.60 bits per heavy atom. The van der Waals surface area contributed by atoms with Crippen molar-refractivity contribution in [3.63, 3.8) is 0 Å². The second-order valence-corrected chi connectivity index (χ2v) is 4.80. The zero-order valence-corrected chi connectivity index (χ0v) is 10.1. The van der Waals surface area contributed by atoms with E-state index in [1.807, 2.05) is 6.92 Å². The number of hydrogen-bond acceptors (Lipinski definition) is 4. The molecule has 2 rings (SSSR count). The lowest BCUT2D eigenvalue weighted by molar-refractivity contribution is 0.0787. The molecule has 2 unspecified atom stereocenters. The molecular weight excluding hydrogens is 208 g/mol. The maximum atomic E-state index is 5.74. The Labute approximate surface area is 94.9 Å². The maximum absolute atomic E-state index is 5.74. The molecule has 0 saturated carbocycles. The van der Waals surface area contributed by atoms with E-state index in [4.69, 9.17) is 4.74 Å². The Bertz CT molecular complexity index is 307. The average molecular weight is 226 g/mol. The Kier molecular flexibility index (Phi) is 3.72. The third kappa shape index (κ3) is 2.56. The molecule has 2 atom stereocenters. The second kappa shape index (κ2) is 5.05. The van der Waals surface area contributed by atoms with Crippen molar-refractivity contribution in [3.8, 4) is 0 Å². The summed E-state index contributed by atoms with van der Waals surface area (Å²) < 4.78 is 5.74. The van der Waals surface area contributed by atoms with Crippen LogP contribution in [-0.2, 0) is 4.74 Å². The standard InChI is InChI=1S/C11H18N2OS/c1-3-12-10(9-5-4-6-14-9)11-13-8(2)7-15-11/h7,9-10,12H,3-6H2,1-2H3. The van der Waals surface area contributed by atoms with Gasteiger partial charge in [-0.25, -0.2) is 4.98 Å². The van der Waals surface area contributed by atoms with Crippen LogP contribution in [-0.4, -0.2) is 24.2 Å². The van der Waals surface area contributed by atoms with Crippen LogP contribution in [0.5, 0.6) is 0 Å². The van der Waals surface area contributed by atoms with Crippen molar-refractivity contribution in [2.75, 3.05) is 13.2 Å². The van der Waals surface area contributed by atoms with Crippen molar-refractivity contribution in [2.24, 2.45) is 0 Å². The van der Waals surface area contributed by atoms with Gasteiger partial charge in [0.25, 0.3) is 0 Å². The number of hydrogen-bond donors (Lipinski definition) is 1. The van der Waals surface area contributed by atoms with Gasteiger partial charge in [0, 0.05) is 17.7 Å². The summed E-state index contributed by atoms with van der Waals surface area (Å²) in [5, 5.41) is 6.75. The van der Waals surface area contributed by atoms with Gasteiger partial charge in [0.1, 0.15) is 5.01 Å². The van der Waals surface area contributed by atoms with Crippen LogP contribution in [0.1, 0.15) is 36.5 Å². The molecule has 15 heavy (non-hydrogen) atoms. The molecule has 0 bridgehead atoms. The lowest BCUT2D eigenvalue weighted by Crippen LogP contribution is -2.31. The van der Waals surface area contributed by atoms with Crippen LogP contribution in [0.4, 0.5) is 0 Å². The molecule has 3 nitrogen and oxygen atoms in total. The highest BCUT2D eigenvalue weighted by molar-refractivity contribution is 7.09. The van der Waals surface area contributed by atoms with Crippen molar-refractivity contribution >= 4 is 11.3 Å². The number of likely N-dealkylation sites (N-methyl/N-ethyl adjacent to an activating group) is 1. The number of rotatable bonds is 4. The smallest absolute Gasteiger partial charge is 0.112 e. The molecule has 4 heteroatoms. The molecule has 1 aliphatic heterocycles. The minimum atomic E-state index is 0.288. The zero-order chi connectivity index (χ0) is 10.7. The van der Waals surface area contributed by atoms with E-state index in [0.717, 1.165) is 25.3 Å². The average Bonchev–Trinajstić information content (AvgIpc) is 2.85. The molecule has 84 valence electrons. The van der Waals surface area contributed by atoms with Gasteiger partial charge >= 0.3 is 0 Å². The molecule has 1 aliphatic rings. The SMILES string of the molecule is CCNC(c1nc(C)cs1)C1CCCO1. The molecule has 0 radical (unpaired) electrons. The topological polar surface area (TPSA) is 34.2 Å². The summed E-state index contributed by atoms with van der Waals surface area (Å²) in [6.07, 6.45) is 2.64. The first-order chi connectivity index (χ1) is 7.31. The van der Waals surface area contributed by atoms with Crippen molar-refractivity contribution < 1.29 is 4.74 Å². The van der Waals surface area contributed by atoms with E-state index in [2.05, 4.69) is 22.6 Å². The van der Waals surface area contributed by atoms with E-state index in [9.17, 15) is 0 Å². The molecule has 0 spiro atoms. The molecule has 0 amide bonds. The predicted octanol–water partition coefficient (Wildman–Crippen LogP) is 2.28. The fourth-order valence-electron chi connectivity index (χ4n) is 1.98. The minimum absolute atomic E-state index is 0.288. The third-order valence-electron chi connectivity index (χ3n) is 2.66. The summed E-state index contributed by atoms with van der Waals surface area (Å²) >= 11 is 1.73. The van der Waals surface area contributed by atoms with Crippen molar-refractivity contribution in [1.29, 1.82) is 0 Å². The summed E-state index contributed by atoms with van der Waals surface area (Å²) in [5.41, 5.74) is 1.11. The summed E-state index contributed by atoms with van der Waals surface area (Å²) in [7, 11) is 0. The van der Waals surface area contributed by atoms with Gasteiger partial charge in [-0.2, -0.15) is 0 Å². The van der Waals surface area contributed by atoms with E-state index in [-0.39, 0.29) is 6.04 Å². The van der Waals surface area contributed by atoms with Crippen molar-refractivity contribution in [2.45, 2.75) is 38.8 Å². The lowest BCUT2D eigenvalue weighted by atomic mass is 10.1. The first kappa shape index (κ1) is 11.0. The van der Waals surface area contributed by atoms with Crippen LogP contribution in [0.2, 0.25) is 0 Å². The second-order valence-electron chi connectivity index (χ2n) is 3.91. The molecule has 0 aliphatic carbocycles. The van der Waals surface area contributed by atoms with Gasteiger partial charge < -0.3 is 10.1 Å². The van der Waals surface area contributed by atoms with Gasteiger partial charge in [-0.15, -0.1) is 11.3 Å². The Hall–Kier alpha value is -0.450. The number of nitrogens with one attached hydrogen (secondary N) is 1. The highest BCUT2D eigenvalue weighted by Gasteiger charge is 2.28. The number of aryl methyl sites for hydroxylation is 1. The molecule has 1 N–H and O–H groups in total. The Balaban J connectivity index is 2.11. The van der Waals surface area contributed by atoms with Crippen LogP contribution in [0, 0.1) is 6.92 Å². The quantitative estimate of drug-likeness (QED) is 0.855. The van der Waals surface area contributed by atoms with Crippen LogP contribution >= 0.6 is 11.3 Å². The fourth-order valence-corrected chi connectivity index (χ4v) is 2.90. The fraction of sp³-hybridized carbons (Fsp3) is 0.727. The summed E-state index contributed by atoms with van der Waals surface area (Å²) in [4.78, 5) is 4.55. The summed E-state index contributed by atoms with van der Waals surface area (Å²) in [5.74, 6) is 0. The van der Waals surface area contributed by atoms with Gasteiger partial charge in [0.2, 0.25) is 0 Å². The minimum Gasteiger partial charge on any atom is -0.376 e. The van der Waals surface area contributed by atoms with E-state index in [0.29, 0.717) is 6.10 Å². The number of nitrogens with zero attached hydrogens (tertiary/aromatic N) is 1. The number of thiazole rings is 1. The van der Waals surface area contributed by atoms with E-state index in [1.165, 1.54) is 11.4 Å². The maximum Gasteiger partial charge on any atom is 0.112 e. The summed E-state index contributed by atoms with van der Waals surface area (Å²) in [6, 6.07) is 0.288. The van der Waals surface area contributed by atoms with Crippen molar-refractivity contribution in [3.05, 3.63) is 16.1 Å². The number of ether oxygens (including phenoxy) is 1. The Morgan fingerprint density at radius 3 is 3.13 bits per heavy atom. The van der Waals surface area contributed by atoms with Crippen LogP contribution in [0.15, 0.2) is 5.38 Å². The van der Waals surface area contributed by atoms with E-state index >= 15 is 0 Å². The predicted molar refractivity (Wildman–Crippen MR) is 62.2 cm³/mol. The Morgan fingerprint density at radius 1 is 1.73 bits per heavy atom. The van der Waals surface area contributed by atoms with Gasteiger partial charge in [-0.3, -0.25) is 0 Å². The van der Waals surface area contributed by atoms with Crippen LogP contribution in [0.25, 0.3) is 0 Å². The normalized spacial score (nSPS) is 23.2. The molecule has 1 aromatic heterocycles. The highest BCUT2D eigenvalue weighted by Crippen LogP contribution is 2.28. The first-order valence-electron chi connectivity index (χ1n) is 5.58. The number of aromatic nitrogens is 1. The molecule has 1 aromatic rings. The van der Waals surface area contributed by atoms with Crippen LogP contribution in [0.3, 0.4) is 0 Å². The van der Waals surface area contributed by atoms with Gasteiger partial charge in [-0.05, 0) is 26.3 Å².